The minimum atomic E-state index is -1.19. The summed E-state index contributed by atoms with van der Waals surface area (Å²) < 4.78 is 0. The van der Waals surface area contributed by atoms with E-state index in [1.165, 1.54) is 6.92 Å². The number of carboxylic acid groups (broad SMARTS) is 1. The normalized spacial score (nSPS) is 14.1. The Labute approximate surface area is 211 Å². The van der Waals surface area contributed by atoms with Crippen LogP contribution in [0.2, 0.25) is 0 Å². The fourth-order valence-corrected chi connectivity index (χ4v) is 3.34. The van der Waals surface area contributed by atoms with Gasteiger partial charge >= 0.3 is 5.97 Å². The van der Waals surface area contributed by atoms with Gasteiger partial charge in [0.2, 0.25) is 17.7 Å². The van der Waals surface area contributed by atoms with E-state index < -0.39 is 47.9 Å². The monoisotopic (exact) mass is 505 g/mol. The first-order chi connectivity index (χ1) is 16.9. The van der Waals surface area contributed by atoms with Crippen LogP contribution in [0.4, 0.5) is 0 Å². The molecule has 200 valence electrons. The van der Waals surface area contributed by atoms with Crippen molar-refractivity contribution in [3.8, 4) is 0 Å². The smallest absolute Gasteiger partial charge is 0.325 e. The summed E-state index contributed by atoms with van der Waals surface area (Å²) >= 11 is 0. The summed E-state index contributed by atoms with van der Waals surface area (Å²) in [5.74, 6) is -2.94. The summed E-state index contributed by atoms with van der Waals surface area (Å²) in [6.07, 6.45) is 1.22. The van der Waals surface area contributed by atoms with Gasteiger partial charge in [-0.2, -0.15) is 0 Å². The first kappa shape index (κ1) is 30.4. The standard InChI is InChI=1S/C24H39N7O5/c1-14(2)12-18(21(33)29-15(3)23(35)36)31-22(34)19(13-16-8-5-4-6-9-16)30-20(32)17(25)10-7-11-28-24(26)27/h4-6,8-9,14-15,17-19H,7,10-13,25H2,1-3H3,(H,29,33)(H,30,32)(H,31,34)(H,35,36)(H4,26,27,28). The third kappa shape index (κ3) is 11.6. The fraction of sp³-hybridized carbons (Fsp3) is 0.542. The molecule has 0 radical (unpaired) electrons. The zero-order chi connectivity index (χ0) is 27.3. The first-order valence-corrected chi connectivity index (χ1v) is 11.9. The lowest BCUT2D eigenvalue weighted by Crippen LogP contribution is -2.57. The van der Waals surface area contributed by atoms with Crippen molar-refractivity contribution in [1.29, 1.82) is 0 Å². The zero-order valence-electron chi connectivity index (χ0n) is 21.1. The lowest BCUT2D eigenvalue weighted by atomic mass is 10.0. The van der Waals surface area contributed by atoms with Crippen molar-refractivity contribution >= 4 is 29.7 Å². The molecule has 0 saturated heterocycles. The van der Waals surface area contributed by atoms with Gasteiger partial charge in [-0.1, -0.05) is 44.2 Å². The second kappa shape index (κ2) is 15.4. The highest BCUT2D eigenvalue weighted by Gasteiger charge is 2.30. The topological polar surface area (TPSA) is 215 Å². The van der Waals surface area contributed by atoms with Gasteiger partial charge in [0.15, 0.2) is 5.96 Å². The number of amides is 3. The minimum Gasteiger partial charge on any atom is -0.480 e. The molecule has 1 rings (SSSR count). The van der Waals surface area contributed by atoms with Crippen molar-refractivity contribution in [3.05, 3.63) is 35.9 Å². The zero-order valence-corrected chi connectivity index (χ0v) is 21.1. The number of hydrogen-bond acceptors (Lipinski definition) is 6. The number of rotatable bonds is 15. The van der Waals surface area contributed by atoms with Crippen LogP contribution in [0.5, 0.6) is 0 Å². The molecule has 1 aromatic carbocycles. The summed E-state index contributed by atoms with van der Waals surface area (Å²) in [7, 11) is 0. The number of aliphatic carboxylic acids is 1. The number of aliphatic imine (C=N–C) groups is 1. The third-order valence-corrected chi connectivity index (χ3v) is 5.29. The lowest BCUT2D eigenvalue weighted by Gasteiger charge is -2.25. The van der Waals surface area contributed by atoms with Crippen LogP contribution < -0.4 is 33.2 Å². The van der Waals surface area contributed by atoms with Crippen LogP contribution >= 0.6 is 0 Å². The third-order valence-electron chi connectivity index (χ3n) is 5.29. The number of nitrogens with one attached hydrogen (secondary N) is 3. The minimum absolute atomic E-state index is 0.0296. The van der Waals surface area contributed by atoms with Gasteiger partial charge in [-0.3, -0.25) is 24.2 Å². The van der Waals surface area contributed by atoms with E-state index in [2.05, 4.69) is 20.9 Å². The molecule has 1 aromatic rings. The molecule has 0 heterocycles. The molecule has 0 aliphatic carbocycles. The number of hydrogen-bond donors (Lipinski definition) is 7. The van der Waals surface area contributed by atoms with E-state index in [9.17, 15) is 19.2 Å². The average molecular weight is 506 g/mol. The molecule has 36 heavy (non-hydrogen) atoms. The highest BCUT2D eigenvalue weighted by atomic mass is 16.4. The van der Waals surface area contributed by atoms with Crippen molar-refractivity contribution in [2.45, 2.75) is 70.6 Å². The molecule has 0 bridgehead atoms. The summed E-state index contributed by atoms with van der Waals surface area (Å²) in [4.78, 5) is 53.7. The number of nitrogens with two attached hydrogens (primary N) is 3. The van der Waals surface area contributed by atoms with Crippen molar-refractivity contribution < 1.29 is 24.3 Å². The highest BCUT2D eigenvalue weighted by molar-refractivity contribution is 5.94. The van der Waals surface area contributed by atoms with E-state index in [0.717, 1.165) is 5.56 Å². The molecule has 4 unspecified atom stereocenters. The molecular weight excluding hydrogens is 466 g/mol. The Morgan fingerprint density at radius 3 is 2.06 bits per heavy atom. The van der Waals surface area contributed by atoms with Gasteiger partial charge in [-0.05, 0) is 37.7 Å². The van der Waals surface area contributed by atoms with Gasteiger partial charge in [0.1, 0.15) is 18.1 Å². The quantitative estimate of drug-likeness (QED) is 0.0908. The van der Waals surface area contributed by atoms with E-state index in [-0.39, 0.29) is 24.7 Å². The molecule has 0 aliphatic rings. The molecule has 0 fully saturated rings. The number of carbonyl (C=O) groups is 4. The molecule has 0 saturated carbocycles. The second-order valence-corrected chi connectivity index (χ2v) is 9.07. The van der Waals surface area contributed by atoms with Crippen LogP contribution in [-0.4, -0.2) is 65.5 Å². The van der Waals surface area contributed by atoms with Crippen LogP contribution in [0, 0.1) is 5.92 Å². The van der Waals surface area contributed by atoms with E-state index in [4.69, 9.17) is 22.3 Å². The van der Waals surface area contributed by atoms with Gasteiger partial charge in [-0.25, -0.2) is 0 Å². The van der Waals surface area contributed by atoms with Crippen LogP contribution in [0.15, 0.2) is 35.3 Å². The van der Waals surface area contributed by atoms with Crippen molar-refractivity contribution in [2.75, 3.05) is 6.54 Å². The van der Waals surface area contributed by atoms with E-state index in [0.29, 0.717) is 19.4 Å². The Morgan fingerprint density at radius 2 is 1.50 bits per heavy atom. The maximum Gasteiger partial charge on any atom is 0.325 e. The summed E-state index contributed by atoms with van der Waals surface area (Å²) in [6.45, 7) is 5.40. The summed E-state index contributed by atoms with van der Waals surface area (Å²) in [6, 6.07) is 5.07. The molecule has 0 aromatic heterocycles. The Hall–Kier alpha value is -3.67. The average Bonchev–Trinajstić information content (AvgIpc) is 2.80. The van der Waals surface area contributed by atoms with Crippen LogP contribution in [0.3, 0.4) is 0 Å². The molecule has 3 amide bonds. The molecule has 12 nitrogen and oxygen atoms in total. The number of benzene rings is 1. The predicted molar refractivity (Wildman–Crippen MR) is 137 cm³/mol. The Bertz CT molecular complexity index is 903. The number of carbonyl (C=O) groups excluding carboxylic acids is 3. The first-order valence-electron chi connectivity index (χ1n) is 11.9. The van der Waals surface area contributed by atoms with Gasteiger partial charge in [0, 0.05) is 13.0 Å². The fourth-order valence-electron chi connectivity index (χ4n) is 3.34. The molecule has 4 atom stereocenters. The van der Waals surface area contributed by atoms with Crippen molar-refractivity contribution in [3.63, 3.8) is 0 Å². The molecular formula is C24H39N7O5. The van der Waals surface area contributed by atoms with E-state index >= 15 is 0 Å². The molecule has 0 spiro atoms. The van der Waals surface area contributed by atoms with E-state index in [1.807, 2.05) is 44.2 Å². The molecule has 0 aliphatic heterocycles. The Balaban J connectivity index is 2.99. The predicted octanol–water partition coefficient (Wildman–Crippen LogP) is -0.785. The van der Waals surface area contributed by atoms with Crippen LogP contribution in [-0.2, 0) is 25.6 Å². The highest BCUT2D eigenvalue weighted by Crippen LogP contribution is 2.09. The van der Waals surface area contributed by atoms with Crippen LogP contribution in [0.25, 0.3) is 0 Å². The largest absolute Gasteiger partial charge is 0.480 e. The number of carboxylic acids is 1. The summed E-state index contributed by atoms with van der Waals surface area (Å²) in [5.41, 5.74) is 17.4. The van der Waals surface area contributed by atoms with Crippen molar-refractivity contribution in [2.24, 2.45) is 28.1 Å². The number of guanidine groups is 1. The SMILES string of the molecule is CC(C)CC(NC(=O)C(Cc1ccccc1)NC(=O)C(N)CCCN=C(N)N)C(=O)NC(C)C(=O)O. The lowest BCUT2D eigenvalue weighted by molar-refractivity contribution is -0.142. The molecule has 10 N–H and O–H groups in total. The maximum atomic E-state index is 13.2. The number of nitrogens with zero attached hydrogens (tertiary/aromatic N) is 1. The Morgan fingerprint density at radius 1 is 0.917 bits per heavy atom. The van der Waals surface area contributed by atoms with Crippen LogP contribution in [0.1, 0.15) is 45.6 Å². The second-order valence-electron chi connectivity index (χ2n) is 9.07. The van der Waals surface area contributed by atoms with Gasteiger partial charge in [0.25, 0.3) is 0 Å². The summed E-state index contributed by atoms with van der Waals surface area (Å²) in [5, 5.41) is 16.9. The van der Waals surface area contributed by atoms with E-state index in [1.54, 1.807) is 0 Å². The van der Waals surface area contributed by atoms with Crippen molar-refractivity contribution in [1.82, 2.24) is 16.0 Å². The van der Waals surface area contributed by atoms with Gasteiger partial charge in [0.05, 0.1) is 6.04 Å². The Kier molecular flexibility index (Phi) is 12.9. The maximum absolute atomic E-state index is 13.2. The molecule has 12 heteroatoms. The van der Waals surface area contributed by atoms with Gasteiger partial charge in [-0.15, -0.1) is 0 Å². The van der Waals surface area contributed by atoms with Gasteiger partial charge < -0.3 is 38.3 Å².